The normalized spacial score (nSPS) is 25.9. The molecule has 0 radical (unpaired) electrons. The number of carbonyl (C=O) groups is 1. The number of rotatable bonds is 6. The molecule has 112 valence electrons. The van der Waals surface area contributed by atoms with Crippen LogP contribution < -0.4 is 5.32 Å². The minimum absolute atomic E-state index is 0.133. The van der Waals surface area contributed by atoms with E-state index in [0.717, 1.165) is 36.6 Å². The molecule has 1 aromatic rings. The number of esters is 1. The van der Waals surface area contributed by atoms with Gasteiger partial charge in [-0.25, -0.2) is 9.67 Å². The van der Waals surface area contributed by atoms with Crippen molar-refractivity contribution in [3.63, 3.8) is 0 Å². The summed E-state index contributed by atoms with van der Waals surface area (Å²) in [6.07, 6.45) is 5.51. The van der Waals surface area contributed by atoms with Crippen molar-refractivity contribution in [2.75, 3.05) is 19.9 Å². The Morgan fingerprint density at radius 2 is 2.50 bits per heavy atom. The van der Waals surface area contributed by atoms with Gasteiger partial charge in [-0.3, -0.25) is 4.79 Å². The predicted molar refractivity (Wildman–Crippen MR) is 77.5 cm³/mol. The van der Waals surface area contributed by atoms with Gasteiger partial charge in [-0.2, -0.15) is 5.10 Å². The van der Waals surface area contributed by atoms with Crippen molar-refractivity contribution in [1.82, 2.24) is 20.1 Å². The molecular weight excluding hydrogens is 276 g/mol. The van der Waals surface area contributed by atoms with Crippen LogP contribution in [0.3, 0.4) is 0 Å². The molecule has 1 fully saturated rings. The fourth-order valence-corrected chi connectivity index (χ4v) is 4.00. The minimum Gasteiger partial charge on any atom is -0.468 e. The number of hydrogen-bond acceptors (Lipinski definition) is 6. The Morgan fingerprint density at radius 1 is 1.70 bits per heavy atom. The van der Waals surface area contributed by atoms with Crippen molar-refractivity contribution >= 4 is 17.7 Å². The number of methoxy groups -OCH3 is 1. The van der Waals surface area contributed by atoms with Crippen LogP contribution in [0.2, 0.25) is 0 Å². The lowest BCUT2D eigenvalue weighted by Gasteiger charge is -2.32. The van der Waals surface area contributed by atoms with E-state index in [0.29, 0.717) is 5.92 Å². The molecule has 0 amide bonds. The standard InChI is InChI=1S/C13H22N4O2S/c1-14-13(11(18)19-3)7-4-5-10(13)6-8-20-12-15-9-16-17(12)2/h9-10,14H,4-8H2,1-3H3. The lowest BCUT2D eigenvalue weighted by Crippen LogP contribution is -2.53. The van der Waals surface area contributed by atoms with Crippen molar-refractivity contribution in [3.8, 4) is 0 Å². The van der Waals surface area contributed by atoms with E-state index in [1.807, 2.05) is 14.1 Å². The Morgan fingerprint density at radius 3 is 3.10 bits per heavy atom. The molecule has 6 nitrogen and oxygen atoms in total. The van der Waals surface area contributed by atoms with Crippen molar-refractivity contribution in [1.29, 1.82) is 0 Å². The van der Waals surface area contributed by atoms with E-state index in [2.05, 4.69) is 15.4 Å². The third-order valence-electron chi connectivity index (χ3n) is 4.18. The first-order chi connectivity index (χ1) is 9.64. The second kappa shape index (κ2) is 6.58. The monoisotopic (exact) mass is 298 g/mol. The van der Waals surface area contributed by atoms with Gasteiger partial charge in [-0.05, 0) is 32.2 Å². The molecule has 1 saturated carbocycles. The topological polar surface area (TPSA) is 69.0 Å². The Hall–Kier alpha value is -1.08. The summed E-state index contributed by atoms with van der Waals surface area (Å²) in [6.45, 7) is 0. The Labute approximate surface area is 123 Å². The highest BCUT2D eigenvalue weighted by atomic mass is 32.2. The van der Waals surface area contributed by atoms with Crippen LogP contribution in [0.15, 0.2) is 11.5 Å². The van der Waals surface area contributed by atoms with E-state index in [9.17, 15) is 4.79 Å². The molecule has 7 heteroatoms. The number of aromatic nitrogens is 3. The van der Waals surface area contributed by atoms with E-state index >= 15 is 0 Å². The molecule has 1 heterocycles. The number of hydrogen-bond donors (Lipinski definition) is 1. The Bertz CT molecular complexity index is 465. The molecule has 0 aromatic carbocycles. The fourth-order valence-electron chi connectivity index (χ4n) is 3.06. The summed E-state index contributed by atoms with van der Waals surface area (Å²) < 4.78 is 6.76. The first kappa shape index (κ1) is 15.3. The molecule has 1 N–H and O–H groups in total. The third-order valence-corrected chi connectivity index (χ3v) is 5.25. The zero-order valence-electron chi connectivity index (χ0n) is 12.3. The molecule has 2 rings (SSSR count). The highest BCUT2D eigenvalue weighted by Gasteiger charge is 2.48. The van der Waals surface area contributed by atoms with Gasteiger partial charge in [0.1, 0.15) is 11.9 Å². The van der Waals surface area contributed by atoms with Gasteiger partial charge in [0, 0.05) is 12.8 Å². The van der Waals surface area contributed by atoms with E-state index in [1.54, 1.807) is 22.8 Å². The number of ether oxygens (including phenoxy) is 1. The maximum absolute atomic E-state index is 12.1. The number of likely N-dealkylation sites (N-methyl/N-ethyl adjacent to an activating group) is 1. The largest absolute Gasteiger partial charge is 0.468 e. The minimum atomic E-state index is -0.505. The van der Waals surface area contributed by atoms with Gasteiger partial charge in [0.15, 0.2) is 5.16 Å². The first-order valence-corrected chi connectivity index (χ1v) is 7.86. The van der Waals surface area contributed by atoms with E-state index < -0.39 is 5.54 Å². The molecule has 20 heavy (non-hydrogen) atoms. The Balaban J connectivity index is 1.94. The smallest absolute Gasteiger partial charge is 0.326 e. The number of thioether (sulfide) groups is 1. The average Bonchev–Trinajstić information content (AvgIpc) is 3.05. The summed E-state index contributed by atoms with van der Waals surface area (Å²) in [4.78, 5) is 16.3. The molecule has 0 aliphatic heterocycles. The summed E-state index contributed by atoms with van der Waals surface area (Å²) >= 11 is 1.68. The van der Waals surface area contributed by atoms with Crippen LogP contribution in [-0.4, -0.2) is 46.2 Å². The zero-order valence-corrected chi connectivity index (χ0v) is 13.1. The average molecular weight is 298 g/mol. The third kappa shape index (κ3) is 2.83. The molecule has 2 unspecified atom stereocenters. The fraction of sp³-hybridized carbons (Fsp3) is 0.769. The maximum Gasteiger partial charge on any atom is 0.326 e. The van der Waals surface area contributed by atoms with Crippen molar-refractivity contribution < 1.29 is 9.53 Å². The van der Waals surface area contributed by atoms with Crippen LogP contribution >= 0.6 is 11.8 Å². The second-order valence-corrected chi connectivity index (χ2v) is 6.17. The lowest BCUT2D eigenvalue weighted by molar-refractivity contribution is -0.150. The van der Waals surface area contributed by atoms with Crippen LogP contribution in [-0.2, 0) is 16.6 Å². The zero-order chi connectivity index (χ0) is 14.6. The number of nitrogens with one attached hydrogen (secondary N) is 1. The van der Waals surface area contributed by atoms with Crippen LogP contribution in [0.25, 0.3) is 0 Å². The molecule has 1 aliphatic rings. The quantitative estimate of drug-likeness (QED) is 0.629. The van der Waals surface area contributed by atoms with Crippen LogP contribution in [0, 0.1) is 5.92 Å². The lowest BCUT2D eigenvalue weighted by atomic mass is 9.85. The van der Waals surface area contributed by atoms with Crippen molar-refractivity contribution in [2.24, 2.45) is 13.0 Å². The highest BCUT2D eigenvalue weighted by molar-refractivity contribution is 7.99. The summed E-state index contributed by atoms with van der Waals surface area (Å²) in [5.41, 5.74) is -0.505. The van der Waals surface area contributed by atoms with Crippen molar-refractivity contribution in [3.05, 3.63) is 6.33 Å². The van der Waals surface area contributed by atoms with Gasteiger partial charge in [-0.15, -0.1) is 0 Å². The van der Waals surface area contributed by atoms with Crippen LogP contribution in [0.1, 0.15) is 25.7 Å². The second-order valence-electron chi connectivity index (χ2n) is 5.11. The van der Waals surface area contributed by atoms with Crippen molar-refractivity contribution in [2.45, 2.75) is 36.4 Å². The summed E-state index contributed by atoms with van der Waals surface area (Å²) in [5, 5.41) is 8.18. The molecule has 0 spiro atoms. The van der Waals surface area contributed by atoms with Crippen LogP contribution in [0.5, 0.6) is 0 Å². The van der Waals surface area contributed by atoms with Gasteiger partial charge in [0.2, 0.25) is 0 Å². The van der Waals surface area contributed by atoms with Gasteiger partial charge in [0.05, 0.1) is 7.11 Å². The summed E-state index contributed by atoms with van der Waals surface area (Å²) in [5.74, 6) is 1.12. The molecule has 1 aromatic heterocycles. The number of nitrogens with zero attached hydrogens (tertiary/aromatic N) is 3. The van der Waals surface area contributed by atoms with E-state index in [4.69, 9.17) is 4.74 Å². The van der Waals surface area contributed by atoms with E-state index in [1.165, 1.54) is 7.11 Å². The SMILES string of the molecule is CNC1(C(=O)OC)CCCC1CCSc1ncnn1C. The summed E-state index contributed by atoms with van der Waals surface area (Å²) in [7, 11) is 5.20. The van der Waals surface area contributed by atoms with Gasteiger partial charge < -0.3 is 10.1 Å². The predicted octanol–water partition coefficient (Wildman–Crippen LogP) is 1.23. The molecule has 2 atom stereocenters. The van der Waals surface area contributed by atoms with Gasteiger partial charge in [-0.1, -0.05) is 18.2 Å². The molecule has 1 aliphatic carbocycles. The molecular formula is C13H22N4O2S. The number of aryl methyl sites for hydroxylation is 1. The van der Waals surface area contributed by atoms with Gasteiger partial charge >= 0.3 is 5.97 Å². The highest BCUT2D eigenvalue weighted by Crippen LogP contribution is 2.39. The van der Waals surface area contributed by atoms with Gasteiger partial charge in [0.25, 0.3) is 0 Å². The Kier molecular flexibility index (Phi) is 5.04. The molecule has 0 bridgehead atoms. The van der Waals surface area contributed by atoms with Crippen LogP contribution in [0.4, 0.5) is 0 Å². The maximum atomic E-state index is 12.1. The van der Waals surface area contributed by atoms with E-state index in [-0.39, 0.29) is 5.97 Å². The number of carbonyl (C=O) groups excluding carboxylic acids is 1. The first-order valence-electron chi connectivity index (χ1n) is 6.88. The summed E-state index contributed by atoms with van der Waals surface area (Å²) in [6, 6.07) is 0. The molecule has 0 saturated heterocycles.